The van der Waals surface area contributed by atoms with Crippen LogP contribution in [-0.2, 0) is 14.4 Å². The lowest BCUT2D eigenvalue weighted by Crippen LogP contribution is -2.37. The van der Waals surface area contributed by atoms with Crippen molar-refractivity contribution in [2.24, 2.45) is 5.92 Å². The molecule has 2 N–H and O–H groups in total. The van der Waals surface area contributed by atoms with Gasteiger partial charge in [0.2, 0.25) is 23.5 Å². The van der Waals surface area contributed by atoms with E-state index in [1.165, 1.54) is 21.3 Å². The first-order chi connectivity index (χ1) is 15.0. The second-order valence-corrected chi connectivity index (χ2v) is 6.92. The smallest absolute Gasteiger partial charge is 0.243 e. The fraction of sp³-hybridized carbons (Fsp3) is 0.318. The van der Waals surface area contributed by atoms with E-state index in [2.05, 4.69) is 10.6 Å². The predicted molar refractivity (Wildman–Crippen MR) is 115 cm³/mol. The molecule has 1 aliphatic heterocycles. The highest BCUT2D eigenvalue weighted by atomic mass is 16.5. The Morgan fingerprint density at radius 1 is 1.03 bits per heavy atom. The third-order valence-corrected chi connectivity index (χ3v) is 4.94. The first-order valence-electron chi connectivity index (χ1n) is 9.69. The third kappa shape index (κ3) is 5.06. The van der Waals surface area contributed by atoms with Crippen molar-refractivity contribution < 1.29 is 28.6 Å². The molecule has 0 unspecified atom stereocenters. The largest absolute Gasteiger partial charge is 0.493 e. The molecule has 2 aromatic carbocycles. The maximum absolute atomic E-state index is 12.5. The SMILES string of the molecule is COc1cc(NC(=O)CNC(=O)[C@H]2CC(=O)N(c3ccccc3)C2)cc(OC)c1OC. The number of carbonyl (C=O) groups is 3. The molecular formula is C22H25N3O6. The summed E-state index contributed by atoms with van der Waals surface area (Å²) in [6.45, 7) is 0.0503. The molecule has 1 saturated heterocycles. The van der Waals surface area contributed by atoms with E-state index in [9.17, 15) is 14.4 Å². The maximum atomic E-state index is 12.5. The average Bonchev–Trinajstić information content (AvgIpc) is 3.19. The van der Waals surface area contributed by atoms with Gasteiger partial charge in [-0.15, -0.1) is 0 Å². The summed E-state index contributed by atoms with van der Waals surface area (Å²) >= 11 is 0. The number of ether oxygens (including phenoxy) is 3. The van der Waals surface area contributed by atoms with Crippen molar-refractivity contribution >= 4 is 29.1 Å². The van der Waals surface area contributed by atoms with Gasteiger partial charge in [-0.2, -0.15) is 0 Å². The van der Waals surface area contributed by atoms with Crippen molar-refractivity contribution in [3.63, 3.8) is 0 Å². The van der Waals surface area contributed by atoms with Gasteiger partial charge in [0.05, 0.1) is 33.8 Å². The molecule has 9 heteroatoms. The predicted octanol–water partition coefficient (Wildman–Crippen LogP) is 1.82. The molecule has 0 bridgehead atoms. The van der Waals surface area contributed by atoms with E-state index in [1.807, 2.05) is 30.3 Å². The van der Waals surface area contributed by atoms with Crippen LogP contribution in [0.15, 0.2) is 42.5 Å². The summed E-state index contributed by atoms with van der Waals surface area (Å²) in [5.74, 6) is -0.197. The number of nitrogens with one attached hydrogen (secondary N) is 2. The fourth-order valence-electron chi connectivity index (χ4n) is 3.41. The second-order valence-electron chi connectivity index (χ2n) is 6.92. The van der Waals surface area contributed by atoms with Gasteiger partial charge in [-0.25, -0.2) is 0 Å². The number of nitrogens with zero attached hydrogens (tertiary/aromatic N) is 1. The molecule has 3 rings (SSSR count). The van der Waals surface area contributed by atoms with E-state index >= 15 is 0 Å². The molecule has 1 atom stereocenters. The normalized spacial score (nSPS) is 15.4. The van der Waals surface area contributed by atoms with Crippen molar-refractivity contribution in [3.05, 3.63) is 42.5 Å². The molecule has 31 heavy (non-hydrogen) atoms. The number of para-hydroxylation sites is 1. The number of benzene rings is 2. The zero-order valence-electron chi connectivity index (χ0n) is 17.6. The van der Waals surface area contributed by atoms with Crippen LogP contribution in [0.2, 0.25) is 0 Å². The van der Waals surface area contributed by atoms with Crippen LogP contribution in [0.4, 0.5) is 11.4 Å². The van der Waals surface area contributed by atoms with Crippen LogP contribution in [0.1, 0.15) is 6.42 Å². The molecule has 0 aromatic heterocycles. The molecule has 0 radical (unpaired) electrons. The Labute approximate surface area is 180 Å². The summed E-state index contributed by atoms with van der Waals surface area (Å²) in [7, 11) is 4.44. The molecule has 164 valence electrons. The maximum Gasteiger partial charge on any atom is 0.243 e. The van der Waals surface area contributed by atoms with Gasteiger partial charge in [0.1, 0.15) is 0 Å². The Balaban J connectivity index is 1.56. The summed E-state index contributed by atoms with van der Waals surface area (Å²) in [6, 6.07) is 12.4. The second kappa shape index (κ2) is 9.84. The Kier molecular flexibility index (Phi) is 6.96. The van der Waals surface area contributed by atoms with E-state index < -0.39 is 11.8 Å². The van der Waals surface area contributed by atoms with Crippen LogP contribution < -0.4 is 29.7 Å². The molecule has 0 aliphatic carbocycles. The zero-order chi connectivity index (χ0) is 22.4. The molecule has 2 aromatic rings. The molecular weight excluding hydrogens is 402 g/mol. The molecule has 1 fully saturated rings. The van der Waals surface area contributed by atoms with Gasteiger partial charge in [-0.1, -0.05) is 18.2 Å². The number of hydrogen-bond acceptors (Lipinski definition) is 6. The number of amides is 3. The van der Waals surface area contributed by atoms with Gasteiger partial charge >= 0.3 is 0 Å². The highest BCUT2D eigenvalue weighted by molar-refractivity contribution is 6.01. The minimum Gasteiger partial charge on any atom is -0.493 e. The molecule has 0 saturated carbocycles. The number of hydrogen-bond donors (Lipinski definition) is 2. The van der Waals surface area contributed by atoms with Crippen LogP contribution >= 0.6 is 0 Å². The number of rotatable bonds is 8. The summed E-state index contributed by atoms with van der Waals surface area (Å²) in [5.41, 5.74) is 1.18. The van der Waals surface area contributed by atoms with E-state index in [0.717, 1.165) is 5.69 Å². The molecule has 1 aliphatic rings. The monoisotopic (exact) mass is 427 g/mol. The molecule has 0 spiro atoms. The summed E-state index contributed by atoms with van der Waals surface area (Å²) in [5, 5.41) is 5.29. The van der Waals surface area contributed by atoms with Crippen molar-refractivity contribution in [2.45, 2.75) is 6.42 Å². The van der Waals surface area contributed by atoms with Crippen LogP contribution in [-0.4, -0.2) is 52.1 Å². The minimum absolute atomic E-state index is 0.106. The van der Waals surface area contributed by atoms with Crippen LogP contribution in [0.5, 0.6) is 17.2 Å². The topological polar surface area (TPSA) is 106 Å². The van der Waals surface area contributed by atoms with Crippen molar-refractivity contribution in [1.29, 1.82) is 0 Å². The van der Waals surface area contributed by atoms with Gasteiger partial charge in [-0.05, 0) is 12.1 Å². The van der Waals surface area contributed by atoms with Gasteiger partial charge in [0.25, 0.3) is 0 Å². The molecule has 1 heterocycles. The Hall–Kier alpha value is -3.75. The van der Waals surface area contributed by atoms with Crippen LogP contribution in [0.3, 0.4) is 0 Å². The number of carbonyl (C=O) groups excluding carboxylic acids is 3. The van der Waals surface area contributed by atoms with Gasteiger partial charge < -0.3 is 29.7 Å². The van der Waals surface area contributed by atoms with Gasteiger partial charge in [0, 0.05) is 36.5 Å². The van der Waals surface area contributed by atoms with Gasteiger partial charge in [-0.3, -0.25) is 14.4 Å². The highest BCUT2D eigenvalue weighted by Crippen LogP contribution is 2.39. The third-order valence-electron chi connectivity index (χ3n) is 4.94. The lowest BCUT2D eigenvalue weighted by atomic mass is 10.1. The minimum atomic E-state index is -0.512. The molecule has 9 nitrogen and oxygen atoms in total. The fourth-order valence-corrected chi connectivity index (χ4v) is 3.41. The van der Waals surface area contributed by atoms with Crippen LogP contribution in [0.25, 0.3) is 0 Å². The first-order valence-corrected chi connectivity index (χ1v) is 9.69. The Bertz CT molecular complexity index is 938. The Morgan fingerprint density at radius 2 is 1.68 bits per heavy atom. The average molecular weight is 427 g/mol. The van der Waals surface area contributed by atoms with E-state index in [1.54, 1.807) is 17.0 Å². The summed E-state index contributed by atoms with van der Waals surface area (Å²) in [6.07, 6.45) is 0.106. The van der Waals surface area contributed by atoms with Gasteiger partial charge in [0.15, 0.2) is 11.5 Å². The standard InChI is InChI=1S/C22H25N3O6/c1-29-17-10-15(11-18(30-2)21(17)31-3)24-19(26)12-23-22(28)14-9-20(27)25(13-14)16-7-5-4-6-8-16/h4-8,10-11,14H,9,12-13H2,1-3H3,(H,23,28)(H,24,26)/t14-/m0/s1. The lowest BCUT2D eigenvalue weighted by Gasteiger charge is -2.16. The lowest BCUT2D eigenvalue weighted by molar-refractivity contribution is -0.127. The van der Waals surface area contributed by atoms with E-state index in [4.69, 9.17) is 14.2 Å². The molecule has 3 amide bonds. The highest BCUT2D eigenvalue weighted by Gasteiger charge is 2.35. The van der Waals surface area contributed by atoms with Crippen molar-refractivity contribution in [2.75, 3.05) is 44.6 Å². The van der Waals surface area contributed by atoms with Crippen LogP contribution in [0, 0.1) is 5.92 Å². The number of methoxy groups -OCH3 is 3. The summed E-state index contributed by atoms with van der Waals surface area (Å²) in [4.78, 5) is 38.7. The summed E-state index contributed by atoms with van der Waals surface area (Å²) < 4.78 is 15.8. The zero-order valence-corrected chi connectivity index (χ0v) is 17.6. The Morgan fingerprint density at radius 3 is 2.26 bits per heavy atom. The van der Waals surface area contributed by atoms with Crippen molar-refractivity contribution in [1.82, 2.24) is 5.32 Å². The number of anilines is 2. The van der Waals surface area contributed by atoms with Crippen molar-refractivity contribution in [3.8, 4) is 17.2 Å². The first kappa shape index (κ1) is 21.9. The van der Waals surface area contributed by atoms with E-state index in [0.29, 0.717) is 22.9 Å². The van der Waals surface area contributed by atoms with E-state index in [-0.39, 0.29) is 31.3 Å². The quantitative estimate of drug-likeness (QED) is 0.666.